The summed E-state index contributed by atoms with van der Waals surface area (Å²) >= 11 is 0. The summed E-state index contributed by atoms with van der Waals surface area (Å²) in [6.45, 7) is 4.13. The Morgan fingerprint density at radius 3 is 2.70 bits per heavy atom. The van der Waals surface area contributed by atoms with Gasteiger partial charge in [-0.3, -0.25) is 0 Å². The molecule has 2 aliphatic heterocycles. The topological polar surface area (TPSA) is 68.1 Å². The largest absolute Gasteiger partial charge is 0.381 e. The minimum absolute atomic E-state index is 0.451. The maximum absolute atomic E-state index is 5.46. The van der Waals surface area contributed by atoms with Gasteiger partial charge < -0.3 is 19.5 Å². The molecule has 7 heteroatoms. The van der Waals surface area contributed by atoms with Gasteiger partial charge in [0.05, 0.1) is 12.5 Å². The fourth-order valence-electron chi connectivity index (χ4n) is 3.63. The van der Waals surface area contributed by atoms with Crippen molar-refractivity contribution in [3.05, 3.63) is 12.5 Å². The lowest BCUT2D eigenvalue weighted by molar-refractivity contribution is 0.0262. The van der Waals surface area contributed by atoms with Crippen molar-refractivity contribution in [1.82, 2.24) is 24.4 Å². The molecule has 124 valence electrons. The van der Waals surface area contributed by atoms with Crippen LogP contribution in [0.15, 0.2) is 12.5 Å². The Balaban J connectivity index is 1.34. The van der Waals surface area contributed by atoms with Gasteiger partial charge in [0.25, 0.3) is 0 Å². The maximum atomic E-state index is 5.46. The zero-order valence-corrected chi connectivity index (χ0v) is 13.6. The van der Waals surface area contributed by atoms with E-state index in [0.717, 1.165) is 50.3 Å². The molecule has 2 aromatic heterocycles. The number of aromatic nitrogens is 4. The SMILES string of the molecule is Cn1cnc2nc(NC3CCN(C4CCOCC4)CC3)ncc21. The molecule has 1 N–H and O–H groups in total. The summed E-state index contributed by atoms with van der Waals surface area (Å²) in [6, 6.07) is 1.16. The molecule has 0 aromatic carbocycles. The van der Waals surface area contributed by atoms with Crippen LogP contribution in [0.5, 0.6) is 0 Å². The van der Waals surface area contributed by atoms with Crippen molar-refractivity contribution in [2.45, 2.75) is 37.8 Å². The Morgan fingerprint density at radius 1 is 1.13 bits per heavy atom. The highest BCUT2D eigenvalue weighted by molar-refractivity contribution is 5.70. The minimum Gasteiger partial charge on any atom is -0.381 e. The van der Waals surface area contributed by atoms with E-state index in [1.165, 1.54) is 12.8 Å². The Bertz CT molecular complexity index is 658. The van der Waals surface area contributed by atoms with Gasteiger partial charge >= 0.3 is 0 Å². The number of nitrogens with one attached hydrogen (secondary N) is 1. The molecule has 0 unspecified atom stereocenters. The predicted octanol–water partition coefficient (Wildman–Crippen LogP) is 1.42. The third-order valence-corrected chi connectivity index (χ3v) is 5.05. The van der Waals surface area contributed by atoms with Crippen LogP contribution in [0.2, 0.25) is 0 Å². The first kappa shape index (κ1) is 14.8. The normalized spacial score (nSPS) is 21.8. The number of hydrogen-bond donors (Lipinski definition) is 1. The average Bonchev–Trinajstić information content (AvgIpc) is 2.97. The average molecular weight is 316 g/mol. The minimum atomic E-state index is 0.451. The van der Waals surface area contributed by atoms with E-state index >= 15 is 0 Å². The molecule has 23 heavy (non-hydrogen) atoms. The first-order chi connectivity index (χ1) is 11.3. The third kappa shape index (κ3) is 3.16. The molecule has 4 rings (SSSR count). The molecular weight excluding hydrogens is 292 g/mol. The van der Waals surface area contributed by atoms with Gasteiger partial charge in [0.15, 0.2) is 5.65 Å². The van der Waals surface area contributed by atoms with E-state index in [0.29, 0.717) is 18.0 Å². The molecule has 0 spiro atoms. The highest BCUT2D eigenvalue weighted by atomic mass is 16.5. The summed E-state index contributed by atoms with van der Waals surface area (Å²) in [7, 11) is 1.96. The fraction of sp³-hybridized carbons (Fsp3) is 0.688. The Hall–Kier alpha value is -1.73. The number of nitrogens with zero attached hydrogens (tertiary/aromatic N) is 5. The van der Waals surface area contributed by atoms with Crippen LogP contribution >= 0.6 is 0 Å². The summed E-state index contributed by atoms with van der Waals surface area (Å²) < 4.78 is 7.40. The maximum Gasteiger partial charge on any atom is 0.225 e. The van der Waals surface area contributed by atoms with Crippen LogP contribution < -0.4 is 5.32 Å². The first-order valence-corrected chi connectivity index (χ1v) is 8.52. The molecule has 0 radical (unpaired) electrons. The van der Waals surface area contributed by atoms with Crippen LogP contribution in [-0.2, 0) is 11.8 Å². The number of likely N-dealkylation sites (tertiary alicyclic amines) is 1. The lowest BCUT2D eigenvalue weighted by Crippen LogP contribution is -2.46. The van der Waals surface area contributed by atoms with Gasteiger partial charge in [-0.05, 0) is 25.7 Å². The van der Waals surface area contributed by atoms with Crippen molar-refractivity contribution < 1.29 is 4.74 Å². The summed E-state index contributed by atoms with van der Waals surface area (Å²) in [5.74, 6) is 0.695. The van der Waals surface area contributed by atoms with Crippen LogP contribution in [0.25, 0.3) is 11.2 Å². The van der Waals surface area contributed by atoms with E-state index in [2.05, 4.69) is 25.2 Å². The second-order valence-corrected chi connectivity index (χ2v) is 6.56. The smallest absolute Gasteiger partial charge is 0.225 e. The molecule has 2 aliphatic rings. The first-order valence-electron chi connectivity index (χ1n) is 8.52. The Labute approximate surface area is 136 Å². The van der Waals surface area contributed by atoms with Crippen molar-refractivity contribution in [2.75, 3.05) is 31.6 Å². The van der Waals surface area contributed by atoms with Crippen LogP contribution in [-0.4, -0.2) is 62.8 Å². The number of rotatable bonds is 3. The zero-order chi connectivity index (χ0) is 15.6. The zero-order valence-electron chi connectivity index (χ0n) is 13.6. The van der Waals surface area contributed by atoms with Gasteiger partial charge in [-0.2, -0.15) is 4.98 Å². The summed E-state index contributed by atoms with van der Waals surface area (Å²) in [5, 5.41) is 3.48. The van der Waals surface area contributed by atoms with E-state index in [1.807, 2.05) is 17.8 Å². The van der Waals surface area contributed by atoms with E-state index < -0.39 is 0 Å². The number of hydrogen-bond acceptors (Lipinski definition) is 6. The molecule has 0 saturated carbocycles. The van der Waals surface area contributed by atoms with Crippen molar-refractivity contribution >= 4 is 17.1 Å². The van der Waals surface area contributed by atoms with Gasteiger partial charge in [-0.25, -0.2) is 9.97 Å². The monoisotopic (exact) mass is 316 g/mol. The number of ether oxygens (including phenoxy) is 1. The van der Waals surface area contributed by atoms with Crippen molar-refractivity contribution in [2.24, 2.45) is 7.05 Å². The van der Waals surface area contributed by atoms with Crippen LogP contribution in [0.4, 0.5) is 5.95 Å². The van der Waals surface area contributed by atoms with Gasteiger partial charge in [0, 0.05) is 45.4 Å². The Morgan fingerprint density at radius 2 is 1.91 bits per heavy atom. The molecular formula is C16H24N6O. The summed E-state index contributed by atoms with van der Waals surface area (Å²) in [5.41, 5.74) is 1.72. The molecule has 7 nitrogen and oxygen atoms in total. The molecule has 0 bridgehead atoms. The quantitative estimate of drug-likeness (QED) is 0.924. The fourth-order valence-corrected chi connectivity index (χ4v) is 3.63. The van der Waals surface area contributed by atoms with E-state index in [9.17, 15) is 0 Å². The third-order valence-electron chi connectivity index (χ3n) is 5.05. The molecule has 2 fully saturated rings. The van der Waals surface area contributed by atoms with Gasteiger partial charge in [-0.1, -0.05) is 0 Å². The number of anilines is 1. The number of imidazole rings is 1. The number of piperidine rings is 1. The van der Waals surface area contributed by atoms with Crippen molar-refractivity contribution in [3.63, 3.8) is 0 Å². The molecule has 4 heterocycles. The van der Waals surface area contributed by atoms with Crippen molar-refractivity contribution in [3.8, 4) is 0 Å². The van der Waals surface area contributed by atoms with E-state index in [-0.39, 0.29) is 0 Å². The number of aryl methyl sites for hydroxylation is 1. The molecule has 2 aromatic rings. The summed E-state index contributed by atoms with van der Waals surface area (Å²) in [6.07, 6.45) is 8.25. The van der Waals surface area contributed by atoms with Crippen LogP contribution in [0, 0.1) is 0 Å². The lowest BCUT2D eigenvalue weighted by atomic mass is 10.00. The van der Waals surface area contributed by atoms with Gasteiger partial charge in [-0.15, -0.1) is 0 Å². The predicted molar refractivity (Wildman–Crippen MR) is 88.4 cm³/mol. The molecule has 0 atom stereocenters. The van der Waals surface area contributed by atoms with Crippen LogP contribution in [0.1, 0.15) is 25.7 Å². The highest BCUT2D eigenvalue weighted by Crippen LogP contribution is 2.21. The van der Waals surface area contributed by atoms with Crippen molar-refractivity contribution in [1.29, 1.82) is 0 Å². The highest BCUT2D eigenvalue weighted by Gasteiger charge is 2.26. The second kappa shape index (κ2) is 6.41. The number of fused-ring (bicyclic) bond motifs is 1. The molecule has 0 aliphatic carbocycles. The van der Waals surface area contributed by atoms with Gasteiger partial charge in [0.1, 0.15) is 5.52 Å². The Kier molecular flexibility index (Phi) is 4.13. The van der Waals surface area contributed by atoms with E-state index in [4.69, 9.17) is 4.74 Å². The van der Waals surface area contributed by atoms with E-state index in [1.54, 1.807) is 6.33 Å². The standard InChI is InChI=1S/C16H24N6O/c1-21-11-18-15-14(21)10-17-16(20-15)19-12-2-6-22(7-3-12)13-4-8-23-9-5-13/h10-13H,2-9H2,1H3,(H,17,19,20). The summed E-state index contributed by atoms with van der Waals surface area (Å²) in [4.78, 5) is 15.9. The van der Waals surface area contributed by atoms with Gasteiger partial charge in [0.2, 0.25) is 5.95 Å². The molecule has 2 saturated heterocycles. The lowest BCUT2D eigenvalue weighted by Gasteiger charge is -2.39. The second-order valence-electron chi connectivity index (χ2n) is 6.56. The molecule has 0 amide bonds. The van der Waals surface area contributed by atoms with Crippen LogP contribution in [0.3, 0.4) is 0 Å².